The van der Waals surface area contributed by atoms with Gasteiger partial charge in [-0.3, -0.25) is 9.59 Å². The van der Waals surface area contributed by atoms with Gasteiger partial charge >= 0.3 is 5.97 Å². The molecule has 0 aliphatic heterocycles. The summed E-state index contributed by atoms with van der Waals surface area (Å²) in [5.41, 5.74) is 0. The van der Waals surface area contributed by atoms with Crippen LogP contribution in [0.2, 0.25) is 0 Å². The van der Waals surface area contributed by atoms with E-state index in [2.05, 4.69) is 31.3 Å². The van der Waals surface area contributed by atoms with E-state index in [1.54, 1.807) is 0 Å². The first-order valence-electron chi connectivity index (χ1n) is 30.4. The van der Waals surface area contributed by atoms with Crippen molar-refractivity contribution in [1.29, 1.82) is 0 Å². The number of aliphatic hydroxyl groups excluding tert-OH is 2. The van der Waals surface area contributed by atoms with E-state index >= 15 is 0 Å². The maximum Gasteiger partial charge on any atom is 0.305 e. The third-order valence-electron chi connectivity index (χ3n) is 14.3. The van der Waals surface area contributed by atoms with E-state index in [4.69, 9.17) is 4.74 Å². The van der Waals surface area contributed by atoms with Gasteiger partial charge in [0, 0.05) is 12.8 Å². The highest BCUT2D eigenvalue weighted by atomic mass is 16.5. The molecule has 6 heteroatoms. The Morgan fingerprint density at radius 3 is 1.10 bits per heavy atom. The molecule has 2 unspecified atom stereocenters. The number of aliphatic hydroxyl groups is 2. The molecule has 2 atom stereocenters. The van der Waals surface area contributed by atoms with Crippen LogP contribution in [0.1, 0.15) is 341 Å². The molecule has 0 saturated carbocycles. The molecule has 398 valence electrons. The highest BCUT2D eigenvalue weighted by Gasteiger charge is 2.20. The van der Waals surface area contributed by atoms with E-state index in [1.807, 2.05) is 0 Å². The van der Waals surface area contributed by atoms with Crippen molar-refractivity contribution in [3.63, 3.8) is 0 Å². The lowest BCUT2D eigenvalue weighted by atomic mass is 10.0. The summed E-state index contributed by atoms with van der Waals surface area (Å²) in [5, 5.41) is 23.3. The summed E-state index contributed by atoms with van der Waals surface area (Å²) < 4.78 is 5.46. The highest BCUT2D eigenvalue weighted by Crippen LogP contribution is 2.18. The van der Waals surface area contributed by atoms with Crippen LogP contribution in [0.4, 0.5) is 0 Å². The molecular weight excluding hydrogens is 827 g/mol. The maximum absolute atomic E-state index is 12.5. The van der Waals surface area contributed by atoms with Crippen molar-refractivity contribution in [2.75, 3.05) is 13.2 Å². The molecule has 0 spiro atoms. The van der Waals surface area contributed by atoms with Gasteiger partial charge in [0.1, 0.15) is 0 Å². The number of rotatable bonds is 57. The standard InChI is InChI=1S/C61H119NO5/c1-3-5-7-9-11-13-15-16-17-27-30-34-37-41-45-49-53-59(64)58(57-63)62-60(65)54-50-46-42-38-35-31-28-25-23-21-19-18-20-22-24-26-29-32-36-40-44-48-52-56-67-61(66)55-51-47-43-39-33-14-12-10-8-6-4-2/h10,12,58-59,63-64H,3-9,11,13-57H2,1-2H3,(H,62,65)/b12-10-. The summed E-state index contributed by atoms with van der Waals surface area (Å²) in [7, 11) is 0. The van der Waals surface area contributed by atoms with E-state index in [9.17, 15) is 19.8 Å². The van der Waals surface area contributed by atoms with Gasteiger partial charge in [0.05, 0.1) is 25.4 Å². The topological polar surface area (TPSA) is 95.9 Å². The van der Waals surface area contributed by atoms with Gasteiger partial charge in [-0.2, -0.15) is 0 Å². The lowest BCUT2D eigenvalue weighted by Gasteiger charge is -2.22. The van der Waals surface area contributed by atoms with Gasteiger partial charge in [0.2, 0.25) is 5.91 Å². The van der Waals surface area contributed by atoms with Crippen LogP contribution in [0.15, 0.2) is 12.2 Å². The molecule has 0 saturated heterocycles. The highest BCUT2D eigenvalue weighted by molar-refractivity contribution is 5.76. The molecule has 0 radical (unpaired) electrons. The molecule has 0 aromatic carbocycles. The molecule has 0 aromatic rings. The van der Waals surface area contributed by atoms with Crippen molar-refractivity contribution in [2.45, 2.75) is 353 Å². The Hall–Kier alpha value is -1.40. The van der Waals surface area contributed by atoms with Crippen LogP contribution in [0.5, 0.6) is 0 Å². The number of esters is 1. The average Bonchev–Trinajstić information content (AvgIpc) is 3.33. The minimum absolute atomic E-state index is 0.00385. The Balaban J connectivity index is 3.37. The predicted octanol–water partition coefficient (Wildman–Crippen LogP) is 18.9. The molecule has 0 aliphatic rings. The Kier molecular flexibility index (Phi) is 56.0. The number of carbonyl (C=O) groups excluding carboxylic acids is 2. The summed E-state index contributed by atoms with van der Waals surface area (Å²) in [6.45, 7) is 4.94. The van der Waals surface area contributed by atoms with E-state index in [1.165, 1.54) is 263 Å². The fourth-order valence-electron chi connectivity index (χ4n) is 9.62. The van der Waals surface area contributed by atoms with Gasteiger partial charge in [-0.25, -0.2) is 0 Å². The molecule has 0 fully saturated rings. The van der Waals surface area contributed by atoms with Crippen LogP contribution in [-0.2, 0) is 14.3 Å². The fourth-order valence-corrected chi connectivity index (χ4v) is 9.62. The third-order valence-corrected chi connectivity index (χ3v) is 14.3. The van der Waals surface area contributed by atoms with Crippen LogP contribution in [-0.4, -0.2) is 47.4 Å². The Labute approximate surface area is 419 Å². The SMILES string of the molecule is CCCC/C=C\CCCCCCCC(=O)OCCCCCCCCCCCCCCCCCCCCCCCCCC(=O)NC(CO)C(O)CCCCCCCCCCCCCCCCCC. The van der Waals surface area contributed by atoms with E-state index in [-0.39, 0.29) is 18.5 Å². The second kappa shape index (κ2) is 57.2. The zero-order valence-corrected chi connectivity index (χ0v) is 45.4. The molecule has 0 aliphatic carbocycles. The minimum atomic E-state index is -0.663. The number of unbranched alkanes of at least 4 members (excludes halogenated alkanes) is 44. The normalized spacial score (nSPS) is 12.6. The van der Waals surface area contributed by atoms with E-state index in [0.29, 0.717) is 25.9 Å². The van der Waals surface area contributed by atoms with Crippen LogP contribution < -0.4 is 5.32 Å². The average molecular weight is 947 g/mol. The first-order valence-corrected chi connectivity index (χ1v) is 30.4. The van der Waals surface area contributed by atoms with Crippen molar-refractivity contribution < 1.29 is 24.5 Å². The Bertz CT molecular complexity index is 1000. The van der Waals surface area contributed by atoms with Gasteiger partial charge in [-0.05, 0) is 44.9 Å². The fraction of sp³-hybridized carbons (Fsp3) is 0.934. The van der Waals surface area contributed by atoms with Crippen molar-refractivity contribution in [2.24, 2.45) is 0 Å². The smallest absolute Gasteiger partial charge is 0.305 e. The van der Waals surface area contributed by atoms with Crippen LogP contribution in [0.3, 0.4) is 0 Å². The monoisotopic (exact) mass is 946 g/mol. The lowest BCUT2D eigenvalue weighted by molar-refractivity contribution is -0.143. The number of carbonyl (C=O) groups is 2. The second-order valence-electron chi connectivity index (χ2n) is 21.0. The number of nitrogens with one attached hydrogen (secondary N) is 1. The number of hydrogen-bond acceptors (Lipinski definition) is 5. The van der Waals surface area contributed by atoms with Crippen molar-refractivity contribution in [1.82, 2.24) is 5.32 Å². The van der Waals surface area contributed by atoms with Crippen molar-refractivity contribution in [3.05, 3.63) is 12.2 Å². The van der Waals surface area contributed by atoms with Gasteiger partial charge in [-0.15, -0.1) is 0 Å². The number of amides is 1. The van der Waals surface area contributed by atoms with Gasteiger partial charge in [0.15, 0.2) is 0 Å². The summed E-state index contributed by atoms with van der Waals surface area (Å²) in [6, 6.07) is -0.540. The molecule has 0 aromatic heterocycles. The summed E-state index contributed by atoms with van der Waals surface area (Å²) in [6.07, 6.45) is 67.9. The largest absolute Gasteiger partial charge is 0.466 e. The van der Waals surface area contributed by atoms with Crippen LogP contribution in [0.25, 0.3) is 0 Å². The van der Waals surface area contributed by atoms with Crippen molar-refractivity contribution in [3.8, 4) is 0 Å². The molecule has 3 N–H and O–H groups in total. The van der Waals surface area contributed by atoms with Crippen LogP contribution in [0, 0.1) is 0 Å². The van der Waals surface area contributed by atoms with E-state index in [0.717, 1.165) is 44.9 Å². The summed E-state index contributed by atoms with van der Waals surface area (Å²) >= 11 is 0. The molecule has 6 nitrogen and oxygen atoms in total. The molecular formula is C61H119NO5. The Morgan fingerprint density at radius 2 is 0.716 bits per heavy atom. The van der Waals surface area contributed by atoms with E-state index < -0.39 is 12.1 Å². The number of hydrogen-bond donors (Lipinski definition) is 3. The lowest BCUT2D eigenvalue weighted by Crippen LogP contribution is -2.45. The maximum atomic E-state index is 12.5. The first-order chi connectivity index (χ1) is 33.0. The van der Waals surface area contributed by atoms with Gasteiger partial charge in [-0.1, -0.05) is 296 Å². The molecule has 67 heavy (non-hydrogen) atoms. The third kappa shape index (κ3) is 53.8. The zero-order valence-electron chi connectivity index (χ0n) is 45.4. The summed E-state index contributed by atoms with van der Waals surface area (Å²) in [4.78, 5) is 24.5. The zero-order chi connectivity index (χ0) is 48.6. The Morgan fingerprint density at radius 1 is 0.403 bits per heavy atom. The summed E-state index contributed by atoms with van der Waals surface area (Å²) in [5.74, 6) is -0.0280. The first kappa shape index (κ1) is 65.6. The van der Waals surface area contributed by atoms with Crippen LogP contribution >= 0.6 is 0 Å². The molecule has 1 amide bonds. The predicted molar refractivity (Wildman–Crippen MR) is 292 cm³/mol. The van der Waals surface area contributed by atoms with Crippen molar-refractivity contribution >= 4 is 11.9 Å². The molecule has 0 bridgehead atoms. The number of allylic oxidation sites excluding steroid dienone is 2. The molecule has 0 rings (SSSR count). The minimum Gasteiger partial charge on any atom is -0.466 e. The molecule has 0 heterocycles. The van der Waals surface area contributed by atoms with Gasteiger partial charge in [0.25, 0.3) is 0 Å². The number of ether oxygens (including phenoxy) is 1. The van der Waals surface area contributed by atoms with Gasteiger partial charge < -0.3 is 20.3 Å². The second-order valence-corrected chi connectivity index (χ2v) is 21.0. The quantitative estimate of drug-likeness (QED) is 0.0321.